The van der Waals surface area contributed by atoms with Crippen LogP contribution in [0, 0.1) is 17.8 Å². The van der Waals surface area contributed by atoms with E-state index >= 15 is 0 Å². The molecule has 1 heterocycles. The van der Waals surface area contributed by atoms with E-state index < -0.39 is 0 Å². The van der Waals surface area contributed by atoms with Gasteiger partial charge in [0.1, 0.15) is 0 Å². The van der Waals surface area contributed by atoms with Gasteiger partial charge < -0.3 is 10.2 Å². The molecular weight excluding hydrogens is 224 g/mol. The highest BCUT2D eigenvalue weighted by atomic mass is 16.2. The average molecular weight is 250 g/mol. The van der Waals surface area contributed by atoms with Gasteiger partial charge in [-0.15, -0.1) is 0 Å². The fraction of sp³-hybridized carbons (Fsp3) is 0.933. The highest BCUT2D eigenvalue weighted by Crippen LogP contribution is 2.50. The average Bonchev–Trinajstić information content (AvgIpc) is 3.25. The van der Waals surface area contributed by atoms with Crippen LogP contribution in [0.15, 0.2) is 0 Å². The number of likely N-dealkylation sites (tertiary alicyclic amines) is 1. The van der Waals surface area contributed by atoms with Crippen molar-refractivity contribution < 1.29 is 4.79 Å². The fourth-order valence-electron chi connectivity index (χ4n) is 3.50. The zero-order valence-corrected chi connectivity index (χ0v) is 11.5. The first-order chi connectivity index (χ1) is 8.79. The molecule has 3 heteroatoms. The van der Waals surface area contributed by atoms with E-state index in [1.807, 2.05) is 0 Å². The normalized spacial score (nSPS) is 25.8. The van der Waals surface area contributed by atoms with Crippen molar-refractivity contribution in [3.05, 3.63) is 0 Å². The summed E-state index contributed by atoms with van der Waals surface area (Å²) < 4.78 is 0. The van der Waals surface area contributed by atoms with Crippen molar-refractivity contribution in [2.45, 2.75) is 51.5 Å². The topological polar surface area (TPSA) is 32.3 Å². The predicted octanol–water partition coefficient (Wildman–Crippen LogP) is 2.02. The molecule has 0 radical (unpaired) electrons. The molecule has 0 spiro atoms. The van der Waals surface area contributed by atoms with Crippen LogP contribution in [0.25, 0.3) is 0 Å². The van der Waals surface area contributed by atoms with E-state index in [0.29, 0.717) is 17.9 Å². The Kier molecular flexibility index (Phi) is 3.60. The molecule has 3 nitrogen and oxygen atoms in total. The molecule has 2 saturated carbocycles. The van der Waals surface area contributed by atoms with Crippen LogP contribution in [-0.4, -0.2) is 36.5 Å². The van der Waals surface area contributed by atoms with Crippen LogP contribution in [0.4, 0.5) is 0 Å². The highest BCUT2D eigenvalue weighted by molar-refractivity contribution is 5.80. The number of rotatable bonds is 5. The van der Waals surface area contributed by atoms with Gasteiger partial charge in [-0.1, -0.05) is 6.92 Å². The maximum absolute atomic E-state index is 12.6. The number of carbonyl (C=O) groups excluding carboxylic acids is 1. The molecule has 0 bridgehead atoms. The fourth-order valence-corrected chi connectivity index (χ4v) is 3.50. The van der Waals surface area contributed by atoms with Crippen molar-refractivity contribution in [3.63, 3.8) is 0 Å². The quantitative estimate of drug-likeness (QED) is 0.809. The first-order valence-electron chi connectivity index (χ1n) is 7.81. The monoisotopic (exact) mass is 250 g/mol. The van der Waals surface area contributed by atoms with Crippen molar-refractivity contribution in [1.29, 1.82) is 0 Å². The Balaban J connectivity index is 1.53. The summed E-state index contributed by atoms with van der Waals surface area (Å²) in [6.07, 6.45) is 7.51. The van der Waals surface area contributed by atoms with Crippen LogP contribution in [0.5, 0.6) is 0 Å². The van der Waals surface area contributed by atoms with Crippen LogP contribution in [0.3, 0.4) is 0 Å². The van der Waals surface area contributed by atoms with Crippen molar-refractivity contribution >= 4 is 5.91 Å². The molecule has 0 aromatic heterocycles. The zero-order valence-electron chi connectivity index (χ0n) is 11.5. The molecular formula is C15H26N2O. The Bertz CT molecular complexity index is 290. The molecule has 0 unspecified atom stereocenters. The van der Waals surface area contributed by atoms with Crippen LogP contribution in [-0.2, 0) is 4.79 Å². The molecule has 1 amide bonds. The lowest BCUT2D eigenvalue weighted by atomic mass is 9.94. The van der Waals surface area contributed by atoms with Gasteiger partial charge in [0, 0.05) is 25.0 Å². The van der Waals surface area contributed by atoms with Gasteiger partial charge >= 0.3 is 0 Å². The van der Waals surface area contributed by atoms with E-state index in [-0.39, 0.29) is 0 Å². The van der Waals surface area contributed by atoms with E-state index in [2.05, 4.69) is 17.1 Å². The van der Waals surface area contributed by atoms with Gasteiger partial charge in [0.15, 0.2) is 0 Å². The van der Waals surface area contributed by atoms with E-state index in [4.69, 9.17) is 0 Å². The Morgan fingerprint density at radius 3 is 2.11 bits per heavy atom. The van der Waals surface area contributed by atoms with Crippen LogP contribution in [0.2, 0.25) is 0 Å². The molecule has 2 aliphatic carbocycles. The molecule has 18 heavy (non-hydrogen) atoms. The van der Waals surface area contributed by atoms with Gasteiger partial charge in [-0.2, -0.15) is 0 Å². The predicted molar refractivity (Wildman–Crippen MR) is 72.2 cm³/mol. The van der Waals surface area contributed by atoms with Crippen molar-refractivity contribution in [2.24, 2.45) is 17.8 Å². The van der Waals surface area contributed by atoms with Gasteiger partial charge in [-0.05, 0) is 56.9 Å². The van der Waals surface area contributed by atoms with Crippen LogP contribution >= 0.6 is 0 Å². The third kappa shape index (κ3) is 2.71. The Morgan fingerprint density at radius 1 is 1.11 bits per heavy atom. The number of carbonyl (C=O) groups is 1. The lowest BCUT2D eigenvalue weighted by Gasteiger charge is -2.34. The minimum absolute atomic E-state index is 0.403. The first-order valence-corrected chi connectivity index (χ1v) is 7.81. The minimum Gasteiger partial charge on any atom is -0.342 e. The summed E-state index contributed by atoms with van der Waals surface area (Å²) in [5.41, 5.74) is 0. The molecule has 3 aliphatic rings. The SMILES string of the molecule is CCNC1CCN(C(=O)C(C2CC2)C2CC2)CC1. The summed E-state index contributed by atoms with van der Waals surface area (Å²) in [7, 11) is 0. The molecule has 3 rings (SSSR count). The maximum atomic E-state index is 12.6. The summed E-state index contributed by atoms with van der Waals surface area (Å²) in [5, 5.41) is 3.51. The lowest BCUT2D eigenvalue weighted by molar-refractivity contribution is -0.138. The van der Waals surface area contributed by atoms with Crippen molar-refractivity contribution in [2.75, 3.05) is 19.6 Å². The van der Waals surface area contributed by atoms with E-state index in [1.54, 1.807) is 0 Å². The molecule has 0 atom stereocenters. The van der Waals surface area contributed by atoms with E-state index in [0.717, 1.165) is 44.3 Å². The number of hydrogen-bond donors (Lipinski definition) is 1. The number of amides is 1. The second-order valence-corrected chi connectivity index (χ2v) is 6.36. The van der Waals surface area contributed by atoms with Crippen LogP contribution < -0.4 is 5.32 Å². The van der Waals surface area contributed by atoms with E-state index in [9.17, 15) is 4.79 Å². The number of hydrogen-bond acceptors (Lipinski definition) is 2. The largest absolute Gasteiger partial charge is 0.342 e. The smallest absolute Gasteiger partial charge is 0.226 e. The molecule has 1 saturated heterocycles. The summed E-state index contributed by atoms with van der Waals surface area (Å²) in [5.74, 6) is 2.39. The zero-order chi connectivity index (χ0) is 12.5. The van der Waals surface area contributed by atoms with Gasteiger partial charge in [-0.3, -0.25) is 4.79 Å². The molecule has 0 aromatic carbocycles. The maximum Gasteiger partial charge on any atom is 0.226 e. The summed E-state index contributed by atoms with van der Waals surface area (Å²) in [6, 6.07) is 0.638. The Morgan fingerprint density at radius 2 is 1.67 bits per heavy atom. The number of nitrogens with zero attached hydrogens (tertiary/aromatic N) is 1. The van der Waals surface area contributed by atoms with Gasteiger partial charge in [-0.25, -0.2) is 0 Å². The first kappa shape index (κ1) is 12.5. The lowest BCUT2D eigenvalue weighted by Crippen LogP contribution is -2.47. The Labute approximate surface area is 110 Å². The minimum atomic E-state index is 0.403. The number of nitrogens with one attached hydrogen (secondary N) is 1. The Hall–Kier alpha value is -0.570. The summed E-state index contributed by atoms with van der Waals surface area (Å²) >= 11 is 0. The summed E-state index contributed by atoms with van der Waals surface area (Å²) in [6.45, 7) is 5.16. The molecule has 102 valence electrons. The van der Waals surface area contributed by atoms with Crippen molar-refractivity contribution in [3.8, 4) is 0 Å². The van der Waals surface area contributed by atoms with Gasteiger partial charge in [0.25, 0.3) is 0 Å². The standard InChI is InChI=1S/C15H26N2O/c1-2-16-13-7-9-17(10-8-13)15(18)14(11-3-4-11)12-5-6-12/h11-14,16H,2-10H2,1H3. The van der Waals surface area contributed by atoms with Gasteiger partial charge in [0.2, 0.25) is 5.91 Å². The second kappa shape index (κ2) is 5.20. The third-order valence-corrected chi connectivity index (χ3v) is 4.84. The van der Waals surface area contributed by atoms with E-state index in [1.165, 1.54) is 25.7 Å². The molecule has 1 aliphatic heterocycles. The van der Waals surface area contributed by atoms with Gasteiger partial charge in [0.05, 0.1) is 0 Å². The molecule has 0 aromatic rings. The third-order valence-electron chi connectivity index (χ3n) is 4.84. The molecule has 1 N–H and O–H groups in total. The van der Waals surface area contributed by atoms with Crippen molar-refractivity contribution in [1.82, 2.24) is 10.2 Å². The highest BCUT2D eigenvalue weighted by Gasteiger charge is 2.47. The number of piperidine rings is 1. The second-order valence-electron chi connectivity index (χ2n) is 6.36. The summed E-state index contributed by atoms with van der Waals surface area (Å²) in [4.78, 5) is 14.8. The van der Waals surface area contributed by atoms with Crippen LogP contribution in [0.1, 0.15) is 45.4 Å². The molecule has 3 fully saturated rings.